The van der Waals surface area contributed by atoms with Gasteiger partial charge in [0.2, 0.25) is 0 Å². The van der Waals surface area contributed by atoms with Gasteiger partial charge in [0.05, 0.1) is 0 Å². The Kier molecular flexibility index (Phi) is 3.87. The van der Waals surface area contributed by atoms with Crippen LogP contribution >= 0.6 is 15.9 Å². The molecule has 4 aliphatic carbocycles. The second-order valence-electron chi connectivity index (χ2n) is 7.61. The Hall–Kier alpha value is -1.10. The summed E-state index contributed by atoms with van der Waals surface area (Å²) in [7, 11) is 0. The first kappa shape index (κ1) is 15.4. The summed E-state index contributed by atoms with van der Waals surface area (Å²) in [6.07, 6.45) is 7.35. The molecule has 0 aromatic heterocycles. The van der Waals surface area contributed by atoms with Gasteiger partial charge in [-0.25, -0.2) is 4.39 Å². The second-order valence-corrected chi connectivity index (χ2v) is 8.53. The Labute approximate surface area is 144 Å². The summed E-state index contributed by atoms with van der Waals surface area (Å²) in [5.74, 6) is 1.88. The predicted molar refractivity (Wildman–Crippen MR) is 88.6 cm³/mol. The van der Waals surface area contributed by atoms with E-state index in [4.69, 9.17) is 4.74 Å². The predicted octanol–water partition coefficient (Wildman–Crippen LogP) is 4.05. The minimum atomic E-state index is -0.457. The fourth-order valence-electron chi connectivity index (χ4n) is 5.33. The van der Waals surface area contributed by atoms with Gasteiger partial charge in [0.1, 0.15) is 0 Å². The molecule has 1 aromatic carbocycles. The minimum absolute atomic E-state index is 0.0204. The van der Waals surface area contributed by atoms with Crippen LogP contribution in [0.1, 0.15) is 38.5 Å². The molecule has 0 atom stereocenters. The minimum Gasteiger partial charge on any atom is -0.481 e. The number of ether oxygens (including phenoxy) is 1. The quantitative estimate of drug-likeness (QED) is 0.853. The van der Waals surface area contributed by atoms with Crippen molar-refractivity contribution in [3.63, 3.8) is 0 Å². The summed E-state index contributed by atoms with van der Waals surface area (Å²) < 4.78 is 19.7. The lowest BCUT2D eigenvalue weighted by molar-refractivity contribution is -0.128. The number of carbonyl (C=O) groups excluding carboxylic acids is 1. The molecule has 1 aromatic rings. The number of amides is 1. The zero-order chi connectivity index (χ0) is 16.0. The monoisotopic (exact) mass is 381 g/mol. The lowest BCUT2D eigenvalue weighted by Crippen LogP contribution is -2.60. The largest absolute Gasteiger partial charge is 0.481 e. The van der Waals surface area contributed by atoms with E-state index in [0.717, 1.165) is 37.0 Å². The molecule has 5 heteroatoms. The Morgan fingerprint density at radius 2 is 1.83 bits per heavy atom. The van der Waals surface area contributed by atoms with Crippen LogP contribution in [0.25, 0.3) is 0 Å². The summed E-state index contributed by atoms with van der Waals surface area (Å²) >= 11 is 3.21. The maximum atomic E-state index is 13.7. The lowest BCUT2D eigenvalue weighted by atomic mass is 9.53. The number of carbonyl (C=O) groups is 1. The molecule has 1 amide bonds. The third-order valence-corrected chi connectivity index (χ3v) is 6.19. The highest BCUT2D eigenvalue weighted by Crippen LogP contribution is 2.55. The van der Waals surface area contributed by atoms with Gasteiger partial charge in [-0.3, -0.25) is 4.79 Å². The van der Waals surface area contributed by atoms with E-state index >= 15 is 0 Å². The number of hydrogen-bond donors (Lipinski definition) is 1. The Morgan fingerprint density at radius 3 is 2.39 bits per heavy atom. The van der Waals surface area contributed by atoms with Crippen LogP contribution in [0.2, 0.25) is 0 Å². The van der Waals surface area contributed by atoms with Gasteiger partial charge >= 0.3 is 0 Å². The van der Waals surface area contributed by atoms with Crippen molar-refractivity contribution in [3.8, 4) is 5.75 Å². The zero-order valence-electron chi connectivity index (χ0n) is 13.0. The molecule has 23 heavy (non-hydrogen) atoms. The molecule has 4 bridgehead atoms. The molecule has 1 N–H and O–H groups in total. The number of halogens is 2. The molecule has 4 aliphatic rings. The van der Waals surface area contributed by atoms with Crippen molar-refractivity contribution in [1.82, 2.24) is 5.32 Å². The summed E-state index contributed by atoms with van der Waals surface area (Å²) in [6, 6.07) is 4.58. The van der Waals surface area contributed by atoms with Gasteiger partial charge in [-0.15, -0.1) is 0 Å². The smallest absolute Gasteiger partial charge is 0.258 e. The molecular formula is C18H21BrFNO2. The number of benzene rings is 1. The van der Waals surface area contributed by atoms with E-state index in [1.54, 1.807) is 6.07 Å². The molecule has 0 aliphatic heterocycles. The fourth-order valence-corrected chi connectivity index (χ4v) is 5.66. The second kappa shape index (κ2) is 5.76. The molecule has 0 saturated heterocycles. The van der Waals surface area contributed by atoms with Gasteiger partial charge in [0.25, 0.3) is 5.91 Å². The maximum absolute atomic E-state index is 13.7. The zero-order valence-corrected chi connectivity index (χ0v) is 14.6. The van der Waals surface area contributed by atoms with Crippen molar-refractivity contribution < 1.29 is 13.9 Å². The molecule has 5 rings (SSSR count). The average molecular weight is 382 g/mol. The standard InChI is InChI=1S/C18H21BrFNO2/c19-14-1-2-16(15(20)6-14)23-10-17(22)21-18-7-11-3-12(8-18)5-13(4-11)9-18/h1-2,6,11-13H,3-5,7-10H2,(H,21,22). The van der Waals surface area contributed by atoms with E-state index in [-0.39, 0.29) is 23.8 Å². The topological polar surface area (TPSA) is 38.3 Å². The normalized spacial score (nSPS) is 34.4. The van der Waals surface area contributed by atoms with Gasteiger partial charge < -0.3 is 10.1 Å². The number of rotatable bonds is 4. The molecule has 4 saturated carbocycles. The Balaban J connectivity index is 1.37. The third-order valence-electron chi connectivity index (χ3n) is 5.70. The van der Waals surface area contributed by atoms with E-state index in [9.17, 15) is 9.18 Å². The summed E-state index contributed by atoms with van der Waals surface area (Å²) in [4.78, 5) is 12.3. The highest BCUT2D eigenvalue weighted by Gasteiger charge is 2.51. The van der Waals surface area contributed by atoms with Crippen LogP contribution < -0.4 is 10.1 Å². The van der Waals surface area contributed by atoms with E-state index in [2.05, 4.69) is 21.2 Å². The third kappa shape index (κ3) is 3.12. The maximum Gasteiger partial charge on any atom is 0.258 e. The van der Waals surface area contributed by atoms with Crippen molar-refractivity contribution in [1.29, 1.82) is 0 Å². The van der Waals surface area contributed by atoms with Crippen molar-refractivity contribution >= 4 is 21.8 Å². The van der Waals surface area contributed by atoms with Crippen LogP contribution in [0, 0.1) is 23.6 Å². The average Bonchev–Trinajstić information content (AvgIpc) is 2.44. The van der Waals surface area contributed by atoms with E-state index < -0.39 is 5.82 Å². The van der Waals surface area contributed by atoms with Crippen molar-refractivity contribution in [2.24, 2.45) is 17.8 Å². The highest BCUT2D eigenvalue weighted by atomic mass is 79.9. The van der Waals surface area contributed by atoms with Crippen LogP contribution in [0.4, 0.5) is 4.39 Å². The van der Waals surface area contributed by atoms with E-state index in [1.165, 1.54) is 31.4 Å². The molecule has 3 nitrogen and oxygen atoms in total. The van der Waals surface area contributed by atoms with Gasteiger partial charge in [-0.05, 0) is 74.5 Å². The fraction of sp³-hybridized carbons (Fsp3) is 0.611. The first-order chi connectivity index (χ1) is 11.0. The highest BCUT2D eigenvalue weighted by molar-refractivity contribution is 9.10. The molecule has 0 heterocycles. The van der Waals surface area contributed by atoms with Gasteiger partial charge in [0.15, 0.2) is 18.2 Å². The number of hydrogen-bond acceptors (Lipinski definition) is 2. The Bertz CT molecular complexity index is 598. The van der Waals surface area contributed by atoms with Crippen molar-refractivity contribution in [2.45, 2.75) is 44.1 Å². The molecule has 0 spiro atoms. The van der Waals surface area contributed by atoms with Crippen LogP contribution in [0.3, 0.4) is 0 Å². The van der Waals surface area contributed by atoms with Gasteiger partial charge in [-0.1, -0.05) is 15.9 Å². The molecule has 124 valence electrons. The van der Waals surface area contributed by atoms with Gasteiger partial charge in [-0.2, -0.15) is 0 Å². The first-order valence-electron chi connectivity index (χ1n) is 8.40. The molecule has 0 unspecified atom stereocenters. The van der Waals surface area contributed by atoms with Crippen LogP contribution in [0.5, 0.6) is 5.75 Å². The SMILES string of the molecule is O=C(COc1ccc(Br)cc1F)NC12CC3CC(CC(C3)C1)C2. The van der Waals surface area contributed by atoms with Crippen molar-refractivity contribution in [3.05, 3.63) is 28.5 Å². The molecular weight excluding hydrogens is 361 g/mol. The number of nitrogens with one attached hydrogen (secondary N) is 1. The Morgan fingerprint density at radius 1 is 1.22 bits per heavy atom. The molecule has 0 radical (unpaired) electrons. The van der Waals surface area contributed by atoms with E-state index in [1.807, 2.05) is 0 Å². The lowest BCUT2D eigenvalue weighted by Gasteiger charge is -2.56. The van der Waals surface area contributed by atoms with Crippen LogP contribution in [0.15, 0.2) is 22.7 Å². The summed E-state index contributed by atoms with van der Waals surface area (Å²) in [5, 5.41) is 3.23. The molecule has 4 fully saturated rings. The van der Waals surface area contributed by atoms with Crippen LogP contribution in [-0.2, 0) is 4.79 Å². The van der Waals surface area contributed by atoms with Gasteiger partial charge in [0, 0.05) is 10.0 Å². The van der Waals surface area contributed by atoms with E-state index in [0.29, 0.717) is 4.47 Å². The first-order valence-corrected chi connectivity index (χ1v) is 9.19. The van der Waals surface area contributed by atoms with Crippen LogP contribution in [-0.4, -0.2) is 18.1 Å². The van der Waals surface area contributed by atoms with Crippen molar-refractivity contribution in [2.75, 3.05) is 6.61 Å². The summed E-state index contributed by atoms with van der Waals surface area (Å²) in [6.45, 7) is -0.125. The summed E-state index contributed by atoms with van der Waals surface area (Å²) in [5.41, 5.74) is -0.0204.